The Morgan fingerprint density at radius 1 is 1.53 bits per heavy atom. The molecule has 1 heterocycles. The molecule has 0 aliphatic rings. The van der Waals surface area contributed by atoms with E-state index in [0.717, 1.165) is 25.5 Å². The zero-order valence-electron chi connectivity index (χ0n) is 9.63. The average Bonchev–Trinajstić information content (AvgIpc) is 2.65. The first kappa shape index (κ1) is 12.5. The van der Waals surface area contributed by atoms with Crippen LogP contribution in [-0.2, 0) is 13.1 Å². The van der Waals surface area contributed by atoms with Gasteiger partial charge in [0.1, 0.15) is 12.2 Å². The molecule has 4 nitrogen and oxygen atoms in total. The van der Waals surface area contributed by atoms with E-state index in [1.54, 1.807) is 6.33 Å². The Hall–Kier alpha value is -0.610. The first-order valence-electron chi connectivity index (χ1n) is 5.22. The summed E-state index contributed by atoms with van der Waals surface area (Å²) in [5.74, 6) is 1.63. The molecule has 0 aromatic carbocycles. The molecule has 0 amide bonds. The summed E-state index contributed by atoms with van der Waals surface area (Å²) in [7, 11) is 0. The summed E-state index contributed by atoms with van der Waals surface area (Å²) in [5.41, 5.74) is 0.124. The maximum absolute atomic E-state index is 5.84. The molecule has 1 rings (SSSR count). The van der Waals surface area contributed by atoms with Crippen molar-refractivity contribution in [2.24, 2.45) is 5.41 Å². The molecule has 0 saturated carbocycles. The van der Waals surface area contributed by atoms with E-state index in [2.05, 4.69) is 36.2 Å². The molecule has 0 fully saturated rings. The van der Waals surface area contributed by atoms with Crippen LogP contribution in [0.3, 0.4) is 0 Å². The highest BCUT2D eigenvalue weighted by atomic mass is 35.5. The van der Waals surface area contributed by atoms with Gasteiger partial charge in [-0.05, 0) is 12.3 Å². The van der Waals surface area contributed by atoms with Crippen molar-refractivity contribution in [2.45, 2.75) is 33.9 Å². The first-order chi connectivity index (χ1) is 7.09. The molecular formula is C10H19ClN4. The number of alkyl halides is 1. The van der Waals surface area contributed by atoms with Crippen LogP contribution >= 0.6 is 11.6 Å². The topological polar surface area (TPSA) is 42.7 Å². The van der Waals surface area contributed by atoms with Crippen molar-refractivity contribution in [1.82, 2.24) is 20.1 Å². The van der Waals surface area contributed by atoms with Crippen LogP contribution in [0, 0.1) is 5.41 Å². The van der Waals surface area contributed by atoms with Crippen LogP contribution in [0.15, 0.2) is 6.33 Å². The largest absolute Gasteiger partial charge is 0.309 e. The van der Waals surface area contributed by atoms with Crippen LogP contribution in [0.1, 0.15) is 26.6 Å². The highest BCUT2D eigenvalue weighted by Gasteiger charge is 2.15. The summed E-state index contributed by atoms with van der Waals surface area (Å²) in [4.78, 5) is 4.19. The number of nitrogens with one attached hydrogen (secondary N) is 1. The minimum Gasteiger partial charge on any atom is -0.309 e. The Kier molecular flexibility index (Phi) is 4.54. The fraction of sp³-hybridized carbons (Fsp3) is 0.800. The maximum atomic E-state index is 5.84. The molecule has 0 atom stereocenters. The lowest BCUT2D eigenvalue weighted by Crippen LogP contribution is -2.31. The van der Waals surface area contributed by atoms with Crippen LogP contribution in [-0.4, -0.2) is 27.2 Å². The summed E-state index contributed by atoms with van der Waals surface area (Å²) in [6.45, 7) is 8.81. The summed E-state index contributed by atoms with van der Waals surface area (Å²) in [5, 5.41) is 7.46. The summed E-state index contributed by atoms with van der Waals surface area (Å²) >= 11 is 5.84. The Morgan fingerprint density at radius 3 is 2.87 bits per heavy atom. The zero-order chi connectivity index (χ0) is 11.3. The van der Waals surface area contributed by atoms with Crippen LogP contribution in [0.4, 0.5) is 0 Å². The van der Waals surface area contributed by atoms with Crippen LogP contribution in [0.2, 0.25) is 0 Å². The van der Waals surface area contributed by atoms with E-state index < -0.39 is 0 Å². The van der Waals surface area contributed by atoms with Crippen molar-refractivity contribution >= 4 is 11.6 Å². The van der Waals surface area contributed by atoms with Gasteiger partial charge in [-0.15, -0.1) is 11.6 Å². The highest BCUT2D eigenvalue weighted by molar-refractivity contribution is 6.18. The number of rotatable bonds is 6. The lowest BCUT2D eigenvalue weighted by atomic mass is 9.97. The fourth-order valence-corrected chi connectivity index (χ4v) is 1.34. The van der Waals surface area contributed by atoms with Gasteiger partial charge >= 0.3 is 0 Å². The van der Waals surface area contributed by atoms with Gasteiger partial charge in [0.15, 0.2) is 0 Å². The number of hydrogen-bond acceptors (Lipinski definition) is 3. The molecule has 0 bridgehead atoms. The molecule has 0 unspecified atom stereocenters. The zero-order valence-corrected chi connectivity index (χ0v) is 10.4. The van der Waals surface area contributed by atoms with Crippen molar-refractivity contribution in [1.29, 1.82) is 0 Å². The smallest absolute Gasteiger partial charge is 0.140 e. The molecular weight excluding hydrogens is 212 g/mol. The Balaban J connectivity index is 2.38. The third-order valence-electron chi connectivity index (χ3n) is 2.24. The monoisotopic (exact) mass is 230 g/mol. The second-order valence-electron chi connectivity index (χ2n) is 4.39. The lowest BCUT2D eigenvalue weighted by Gasteiger charge is -2.21. The van der Waals surface area contributed by atoms with E-state index in [1.165, 1.54) is 0 Å². The fourth-order valence-electron chi connectivity index (χ4n) is 1.25. The van der Waals surface area contributed by atoms with Gasteiger partial charge < -0.3 is 5.32 Å². The second kappa shape index (κ2) is 5.47. The second-order valence-corrected chi connectivity index (χ2v) is 4.66. The molecule has 0 aliphatic carbocycles. The quantitative estimate of drug-likeness (QED) is 0.756. The van der Waals surface area contributed by atoms with Gasteiger partial charge in [0.05, 0.1) is 6.54 Å². The number of hydrogen-bond donors (Lipinski definition) is 1. The van der Waals surface area contributed by atoms with E-state index in [0.29, 0.717) is 5.88 Å². The number of aryl methyl sites for hydroxylation is 1. The predicted molar refractivity (Wildman–Crippen MR) is 61.9 cm³/mol. The number of halogens is 1. The maximum Gasteiger partial charge on any atom is 0.140 e. The standard InChI is InChI=1S/C10H19ClN4/c1-4-15-9(13-8-14-15)5-12-7-10(2,3)6-11/h8,12H,4-7H2,1-3H3. The molecule has 1 aromatic heterocycles. The number of aromatic nitrogens is 3. The molecule has 0 aliphatic heterocycles. The SMILES string of the molecule is CCn1ncnc1CNCC(C)(C)CCl. The van der Waals surface area contributed by atoms with E-state index >= 15 is 0 Å². The highest BCUT2D eigenvalue weighted by Crippen LogP contribution is 2.15. The van der Waals surface area contributed by atoms with Crippen LogP contribution in [0.5, 0.6) is 0 Å². The third kappa shape index (κ3) is 3.80. The molecule has 0 radical (unpaired) electrons. The van der Waals surface area contributed by atoms with E-state index in [4.69, 9.17) is 11.6 Å². The minimum absolute atomic E-state index is 0.124. The molecule has 5 heteroatoms. The first-order valence-corrected chi connectivity index (χ1v) is 5.76. The normalized spacial score (nSPS) is 12.0. The van der Waals surface area contributed by atoms with Crippen LogP contribution < -0.4 is 5.32 Å². The molecule has 1 aromatic rings. The van der Waals surface area contributed by atoms with Gasteiger partial charge in [-0.3, -0.25) is 0 Å². The van der Waals surface area contributed by atoms with Gasteiger partial charge in [-0.1, -0.05) is 13.8 Å². The molecule has 0 spiro atoms. The molecule has 0 saturated heterocycles. The molecule has 15 heavy (non-hydrogen) atoms. The van der Waals surface area contributed by atoms with E-state index in [1.807, 2.05) is 4.68 Å². The Labute approximate surface area is 96.0 Å². The predicted octanol–water partition coefficient (Wildman–Crippen LogP) is 1.65. The van der Waals surface area contributed by atoms with E-state index in [-0.39, 0.29) is 5.41 Å². The lowest BCUT2D eigenvalue weighted by molar-refractivity contribution is 0.380. The van der Waals surface area contributed by atoms with Gasteiger partial charge in [-0.2, -0.15) is 5.10 Å². The molecule has 86 valence electrons. The summed E-state index contributed by atoms with van der Waals surface area (Å²) in [6, 6.07) is 0. The van der Waals surface area contributed by atoms with Gasteiger partial charge in [0, 0.05) is 19.0 Å². The molecule has 1 N–H and O–H groups in total. The van der Waals surface area contributed by atoms with Gasteiger partial charge in [0.2, 0.25) is 0 Å². The van der Waals surface area contributed by atoms with Crippen molar-refractivity contribution in [2.75, 3.05) is 12.4 Å². The van der Waals surface area contributed by atoms with Gasteiger partial charge in [-0.25, -0.2) is 9.67 Å². The van der Waals surface area contributed by atoms with Crippen molar-refractivity contribution in [3.63, 3.8) is 0 Å². The summed E-state index contributed by atoms with van der Waals surface area (Å²) in [6.07, 6.45) is 1.59. The number of nitrogens with zero attached hydrogens (tertiary/aromatic N) is 3. The Morgan fingerprint density at radius 2 is 2.27 bits per heavy atom. The average molecular weight is 231 g/mol. The van der Waals surface area contributed by atoms with Gasteiger partial charge in [0.25, 0.3) is 0 Å². The van der Waals surface area contributed by atoms with E-state index in [9.17, 15) is 0 Å². The summed E-state index contributed by atoms with van der Waals surface area (Å²) < 4.78 is 1.89. The van der Waals surface area contributed by atoms with Crippen molar-refractivity contribution in [3.8, 4) is 0 Å². The van der Waals surface area contributed by atoms with Crippen LogP contribution in [0.25, 0.3) is 0 Å². The third-order valence-corrected chi connectivity index (χ3v) is 2.97. The Bertz CT molecular complexity index is 295. The van der Waals surface area contributed by atoms with Crippen molar-refractivity contribution in [3.05, 3.63) is 12.2 Å². The van der Waals surface area contributed by atoms with Crippen molar-refractivity contribution < 1.29 is 0 Å². The minimum atomic E-state index is 0.124.